The van der Waals surface area contributed by atoms with Crippen LogP contribution in [-0.2, 0) is 4.79 Å². The minimum absolute atomic E-state index is 0.575. The highest BCUT2D eigenvalue weighted by atomic mass is 35.5. The van der Waals surface area contributed by atoms with Crippen LogP contribution >= 0.6 is 11.6 Å². The third-order valence-corrected chi connectivity index (χ3v) is 2.44. The molecule has 2 aromatic rings. The third kappa shape index (κ3) is 2.19. The van der Waals surface area contributed by atoms with Gasteiger partial charge in [0, 0.05) is 10.6 Å². The van der Waals surface area contributed by atoms with E-state index in [1.807, 2.05) is 30.3 Å². The van der Waals surface area contributed by atoms with Gasteiger partial charge in [-0.1, -0.05) is 41.9 Å². The number of aliphatic imine (C=N–C) groups is 1. The first kappa shape index (κ1) is 10.6. The fraction of sp³-hybridized carbons (Fsp3) is 0. The maximum Gasteiger partial charge on any atom is 0.240 e. The standard InChI is InChI=1S/C13H8ClNO/c14-11-6-7-13(15-9-16)12(8-11)10-4-2-1-3-5-10/h1-8H. The topological polar surface area (TPSA) is 29.4 Å². The van der Waals surface area contributed by atoms with Crippen LogP contribution < -0.4 is 0 Å². The van der Waals surface area contributed by atoms with Gasteiger partial charge in [-0.05, 0) is 23.8 Å². The Kier molecular flexibility index (Phi) is 3.16. The van der Waals surface area contributed by atoms with Crippen molar-refractivity contribution in [3.63, 3.8) is 0 Å². The molecule has 3 heteroatoms. The summed E-state index contributed by atoms with van der Waals surface area (Å²) in [6.07, 6.45) is 1.55. The van der Waals surface area contributed by atoms with Gasteiger partial charge in [-0.15, -0.1) is 0 Å². The first-order chi connectivity index (χ1) is 7.81. The minimum Gasteiger partial charge on any atom is -0.211 e. The van der Waals surface area contributed by atoms with E-state index >= 15 is 0 Å². The summed E-state index contributed by atoms with van der Waals surface area (Å²) in [7, 11) is 0. The van der Waals surface area contributed by atoms with E-state index in [-0.39, 0.29) is 0 Å². The van der Waals surface area contributed by atoms with Gasteiger partial charge in [-0.3, -0.25) is 0 Å². The molecule has 0 aromatic heterocycles. The van der Waals surface area contributed by atoms with E-state index in [9.17, 15) is 4.79 Å². The van der Waals surface area contributed by atoms with Crippen molar-refractivity contribution in [3.8, 4) is 11.1 Å². The van der Waals surface area contributed by atoms with Gasteiger partial charge in [0.25, 0.3) is 0 Å². The average Bonchev–Trinajstić information content (AvgIpc) is 2.33. The van der Waals surface area contributed by atoms with Crippen molar-refractivity contribution in [3.05, 3.63) is 53.6 Å². The zero-order valence-electron chi connectivity index (χ0n) is 8.35. The SMILES string of the molecule is O=C=Nc1ccc(Cl)cc1-c1ccccc1. The van der Waals surface area contributed by atoms with Gasteiger partial charge in [-0.25, -0.2) is 4.79 Å². The molecule has 0 aliphatic rings. The van der Waals surface area contributed by atoms with E-state index in [1.165, 1.54) is 0 Å². The number of carbonyl (C=O) groups excluding carboxylic acids is 1. The van der Waals surface area contributed by atoms with E-state index < -0.39 is 0 Å². The van der Waals surface area contributed by atoms with Gasteiger partial charge in [0.15, 0.2) is 0 Å². The van der Waals surface area contributed by atoms with Crippen LogP contribution in [0.2, 0.25) is 5.02 Å². The molecule has 0 saturated carbocycles. The molecule has 0 bridgehead atoms. The van der Waals surface area contributed by atoms with Crippen LogP contribution in [-0.4, -0.2) is 6.08 Å². The quantitative estimate of drug-likeness (QED) is 0.566. The Balaban J connectivity index is 2.62. The fourth-order valence-corrected chi connectivity index (χ4v) is 1.68. The number of isocyanates is 1. The Hall–Kier alpha value is -1.89. The number of benzene rings is 2. The summed E-state index contributed by atoms with van der Waals surface area (Å²) in [5.41, 5.74) is 2.38. The zero-order valence-corrected chi connectivity index (χ0v) is 9.11. The molecule has 2 rings (SSSR count). The van der Waals surface area contributed by atoms with Gasteiger partial charge in [0.1, 0.15) is 0 Å². The molecule has 0 spiro atoms. The van der Waals surface area contributed by atoms with Crippen molar-refractivity contribution in [1.29, 1.82) is 0 Å². The van der Waals surface area contributed by atoms with E-state index in [1.54, 1.807) is 24.3 Å². The third-order valence-electron chi connectivity index (χ3n) is 2.21. The van der Waals surface area contributed by atoms with E-state index in [0.29, 0.717) is 10.7 Å². The normalized spacial score (nSPS) is 9.56. The summed E-state index contributed by atoms with van der Waals surface area (Å²) in [5, 5.41) is 0.615. The molecule has 0 saturated heterocycles. The molecule has 16 heavy (non-hydrogen) atoms. The van der Waals surface area contributed by atoms with Gasteiger partial charge < -0.3 is 0 Å². The zero-order chi connectivity index (χ0) is 11.4. The molecule has 2 aromatic carbocycles. The molecule has 0 fully saturated rings. The van der Waals surface area contributed by atoms with Crippen molar-refractivity contribution >= 4 is 23.4 Å². The molecular formula is C13H8ClNO. The van der Waals surface area contributed by atoms with E-state index in [2.05, 4.69) is 4.99 Å². The van der Waals surface area contributed by atoms with Crippen LogP contribution in [0, 0.1) is 0 Å². The molecule has 78 valence electrons. The van der Waals surface area contributed by atoms with Crippen molar-refractivity contribution in [2.24, 2.45) is 4.99 Å². The summed E-state index contributed by atoms with van der Waals surface area (Å²) in [5.74, 6) is 0. The van der Waals surface area contributed by atoms with Crippen molar-refractivity contribution in [2.75, 3.05) is 0 Å². The molecule has 0 atom stereocenters. The number of hydrogen-bond acceptors (Lipinski definition) is 2. The summed E-state index contributed by atoms with van der Waals surface area (Å²) in [6, 6.07) is 14.8. The smallest absolute Gasteiger partial charge is 0.211 e. The molecule has 0 aliphatic heterocycles. The van der Waals surface area contributed by atoms with Gasteiger partial charge in [0.05, 0.1) is 5.69 Å². The fourth-order valence-electron chi connectivity index (χ4n) is 1.50. The number of hydrogen-bond donors (Lipinski definition) is 0. The van der Waals surface area contributed by atoms with Gasteiger partial charge in [0.2, 0.25) is 6.08 Å². The Morgan fingerprint density at radius 3 is 2.50 bits per heavy atom. The van der Waals surface area contributed by atoms with Gasteiger partial charge in [-0.2, -0.15) is 4.99 Å². The second-order valence-corrected chi connectivity index (χ2v) is 3.67. The van der Waals surface area contributed by atoms with Crippen LogP contribution in [0.4, 0.5) is 5.69 Å². The molecule has 0 radical (unpaired) electrons. The highest BCUT2D eigenvalue weighted by Gasteiger charge is 2.04. The highest BCUT2D eigenvalue weighted by Crippen LogP contribution is 2.32. The predicted octanol–water partition coefficient (Wildman–Crippen LogP) is 3.97. The minimum atomic E-state index is 0.575. The van der Waals surface area contributed by atoms with Gasteiger partial charge >= 0.3 is 0 Å². The molecule has 0 unspecified atom stereocenters. The van der Waals surface area contributed by atoms with Crippen molar-refractivity contribution in [2.45, 2.75) is 0 Å². The monoisotopic (exact) mass is 229 g/mol. The summed E-state index contributed by atoms with van der Waals surface area (Å²) < 4.78 is 0. The number of rotatable bonds is 2. The Labute approximate surface area is 98.2 Å². The Morgan fingerprint density at radius 1 is 1.06 bits per heavy atom. The lowest BCUT2D eigenvalue weighted by Crippen LogP contribution is -1.78. The maximum atomic E-state index is 10.3. The molecule has 0 heterocycles. The summed E-state index contributed by atoms with van der Waals surface area (Å²) in [6.45, 7) is 0. The Morgan fingerprint density at radius 2 is 1.81 bits per heavy atom. The lowest BCUT2D eigenvalue weighted by atomic mass is 10.0. The van der Waals surface area contributed by atoms with Crippen LogP contribution in [0.25, 0.3) is 11.1 Å². The molecule has 2 nitrogen and oxygen atoms in total. The molecule has 0 aliphatic carbocycles. The maximum absolute atomic E-state index is 10.3. The summed E-state index contributed by atoms with van der Waals surface area (Å²) in [4.78, 5) is 14.0. The summed E-state index contributed by atoms with van der Waals surface area (Å²) >= 11 is 5.93. The van der Waals surface area contributed by atoms with Crippen LogP contribution in [0.5, 0.6) is 0 Å². The number of nitrogens with zero attached hydrogens (tertiary/aromatic N) is 1. The molecule has 0 N–H and O–H groups in total. The highest BCUT2D eigenvalue weighted by molar-refractivity contribution is 6.31. The Bertz CT molecular complexity index is 545. The predicted molar refractivity (Wildman–Crippen MR) is 64.7 cm³/mol. The van der Waals surface area contributed by atoms with Crippen molar-refractivity contribution < 1.29 is 4.79 Å². The first-order valence-corrected chi connectivity index (χ1v) is 5.12. The van der Waals surface area contributed by atoms with E-state index in [4.69, 9.17) is 11.6 Å². The number of halogens is 1. The molecular weight excluding hydrogens is 222 g/mol. The second-order valence-electron chi connectivity index (χ2n) is 3.23. The lowest BCUT2D eigenvalue weighted by Gasteiger charge is -2.04. The van der Waals surface area contributed by atoms with Crippen LogP contribution in [0.15, 0.2) is 53.5 Å². The van der Waals surface area contributed by atoms with Crippen LogP contribution in [0.3, 0.4) is 0 Å². The van der Waals surface area contributed by atoms with Crippen LogP contribution in [0.1, 0.15) is 0 Å². The largest absolute Gasteiger partial charge is 0.240 e. The van der Waals surface area contributed by atoms with E-state index in [0.717, 1.165) is 11.1 Å². The average molecular weight is 230 g/mol. The lowest BCUT2D eigenvalue weighted by molar-refractivity contribution is 0.565. The second kappa shape index (κ2) is 4.75. The first-order valence-electron chi connectivity index (χ1n) is 4.74. The van der Waals surface area contributed by atoms with Crippen molar-refractivity contribution in [1.82, 2.24) is 0 Å². The molecule has 0 amide bonds.